The van der Waals surface area contributed by atoms with Gasteiger partial charge in [-0.15, -0.1) is 0 Å². The largest absolute Gasteiger partial charge is 0.316 e. The molecule has 1 aromatic carbocycles. The number of hydrogen-bond acceptors (Lipinski definition) is 4. The minimum Gasteiger partial charge on any atom is -0.316 e. The van der Waals surface area contributed by atoms with Crippen molar-refractivity contribution in [2.45, 2.75) is 31.6 Å². The molecule has 3 unspecified atom stereocenters. The Balaban J connectivity index is 2.00. The number of thioether (sulfide) groups is 1. The first-order chi connectivity index (χ1) is 11.3. The van der Waals surface area contributed by atoms with Crippen molar-refractivity contribution in [3.05, 3.63) is 28.7 Å². The fourth-order valence-corrected chi connectivity index (χ4v) is 7.18. The van der Waals surface area contributed by atoms with Crippen LogP contribution < -0.4 is 4.90 Å². The normalized spacial score (nSPS) is 28.1. The van der Waals surface area contributed by atoms with Crippen molar-refractivity contribution >= 4 is 54.3 Å². The molecule has 0 bridgehead atoms. The standard InChI is InChI=1S/C16H19BrN2O3S2/c1-3-10(2)15(20)18-16-19(12-6-4-5-11(17)7-12)13-8-24(21,22)9-14(13)23-16/h4-7,10,13-14H,3,8-9H2,1-2H3. The lowest BCUT2D eigenvalue weighted by Gasteiger charge is -2.24. The molecule has 2 saturated heterocycles. The average Bonchev–Trinajstić information content (AvgIpc) is 2.97. The summed E-state index contributed by atoms with van der Waals surface area (Å²) in [4.78, 5) is 18.5. The van der Waals surface area contributed by atoms with Crippen molar-refractivity contribution in [1.29, 1.82) is 0 Å². The van der Waals surface area contributed by atoms with Gasteiger partial charge >= 0.3 is 0 Å². The van der Waals surface area contributed by atoms with E-state index in [1.807, 2.05) is 43.0 Å². The zero-order chi connectivity index (χ0) is 17.5. The fraction of sp³-hybridized carbons (Fsp3) is 0.500. The number of anilines is 1. The number of fused-ring (bicyclic) bond motifs is 1. The Labute approximate surface area is 155 Å². The van der Waals surface area contributed by atoms with E-state index in [2.05, 4.69) is 20.9 Å². The molecule has 24 heavy (non-hydrogen) atoms. The molecule has 1 amide bonds. The highest BCUT2D eigenvalue weighted by Crippen LogP contribution is 2.41. The van der Waals surface area contributed by atoms with Gasteiger partial charge in [0.25, 0.3) is 5.91 Å². The zero-order valence-electron chi connectivity index (χ0n) is 13.5. The number of benzene rings is 1. The summed E-state index contributed by atoms with van der Waals surface area (Å²) in [6.45, 7) is 3.82. The second-order valence-corrected chi connectivity index (χ2v) is 10.5. The highest BCUT2D eigenvalue weighted by atomic mass is 79.9. The molecule has 0 aromatic heterocycles. The van der Waals surface area contributed by atoms with Crippen LogP contribution in [0.25, 0.3) is 0 Å². The van der Waals surface area contributed by atoms with Crippen molar-refractivity contribution in [2.75, 3.05) is 16.4 Å². The van der Waals surface area contributed by atoms with Gasteiger partial charge in [-0.05, 0) is 24.6 Å². The average molecular weight is 431 g/mol. The van der Waals surface area contributed by atoms with Crippen LogP contribution in [0.2, 0.25) is 0 Å². The van der Waals surface area contributed by atoms with E-state index in [-0.39, 0.29) is 34.6 Å². The lowest BCUT2D eigenvalue weighted by Crippen LogP contribution is -2.37. The van der Waals surface area contributed by atoms with Gasteiger partial charge in [-0.2, -0.15) is 4.99 Å². The SMILES string of the molecule is CCC(C)C(=O)N=C1SC2CS(=O)(=O)CC2N1c1cccc(Br)c1. The number of amidine groups is 1. The van der Waals surface area contributed by atoms with E-state index in [0.29, 0.717) is 5.17 Å². The summed E-state index contributed by atoms with van der Waals surface area (Å²) in [6.07, 6.45) is 0.735. The number of halogens is 1. The third-order valence-electron chi connectivity index (χ3n) is 4.39. The highest BCUT2D eigenvalue weighted by molar-refractivity contribution is 9.10. The molecule has 2 fully saturated rings. The highest BCUT2D eigenvalue weighted by Gasteiger charge is 2.49. The van der Waals surface area contributed by atoms with Gasteiger partial charge in [0.2, 0.25) is 0 Å². The predicted octanol–water partition coefficient (Wildman–Crippen LogP) is 3.10. The van der Waals surface area contributed by atoms with Gasteiger partial charge < -0.3 is 4.90 Å². The molecule has 0 N–H and O–H groups in total. The van der Waals surface area contributed by atoms with Crippen LogP contribution >= 0.6 is 27.7 Å². The van der Waals surface area contributed by atoms with E-state index in [1.54, 1.807) is 0 Å². The van der Waals surface area contributed by atoms with Crippen LogP contribution in [0.15, 0.2) is 33.7 Å². The summed E-state index contributed by atoms with van der Waals surface area (Å²) >= 11 is 4.86. The summed E-state index contributed by atoms with van der Waals surface area (Å²) in [5.41, 5.74) is 0.858. The molecule has 2 aliphatic heterocycles. The van der Waals surface area contributed by atoms with Crippen molar-refractivity contribution < 1.29 is 13.2 Å². The molecule has 0 radical (unpaired) electrons. The van der Waals surface area contributed by atoms with E-state index in [0.717, 1.165) is 16.6 Å². The Bertz CT molecular complexity index is 794. The Kier molecular flexibility index (Phi) is 5.09. The second-order valence-electron chi connectivity index (χ2n) is 6.19. The van der Waals surface area contributed by atoms with Gasteiger partial charge in [0.15, 0.2) is 15.0 Å². The molecule has 0 aliphatic carbocycles. The summed E-state index contributed by atoms with van der Waals surface area (Å²) in [6, 6.07) is 7.49. The van der Waals surface area contributed by atoms with Gasteiger partial charge in [-0.1, -0.05) is 47.6 Å². The predicted molar refractivity (Wildman–Crippen MR) is 102 cm³/mol. The maximum Gasteiger partial charge on any atom is 0.250 e. The maximum absolute atomic E-state index is 12.3. The second kappa shape index (κ2) is 6.80. The number of hydrogen-bond donors (Lipinski definition) is 0. The number of carbonyl (C=O) groups excluding carboxylic acids is 1. The van der Waals surface area contributed by atoms with Crippen molar-refractivity contribution in [3.63, 3.8) is 0 Å². The number of nitrogens with zero attached hydrogens (tertiary/aromatic N) is 2. The number of sulfone groups is 1. The number of amides is 1. The van der Waals surface area contributed by atoms with Gasteiger partial charge in [-0.3, -0.25) is 4.79 Å². The Morgan fingerprint density at radius 1 is 1.46 bits per heavy atom. The minimum absolute atomic E-state index is 0.0718. The van der Waals surface area contributed by atoms with Gasteiger partial charge in [0.05, 0.1) is 17.5 Å². The summed E-state index contributed by atoms with van der Waals surface area (Å²) in [5, 5.41) is 0.542. The molecule has 8 heteroatoms. The van der Waals surface area contributed by atoms with E-state index in [4.69, 9.17) is 0 Å². The molecule has 0 spiro atoms. The van der Waals surface area contributed by atoms with Crippen molar-refractivity contribution in [2.24, 2.45) is 10.9 Å². The lowest BCUT2D eigenvalue weighted by molar-refractivity contribution is -0.121. The minimum atomic E-state index is -3.04. The first-order valence-corrected chi connectivity index (χ1v) is 11.3. The van der Waals surface area contributed by atoms with E-state index < -0.39 is 9.84 Å². The molecule has 3 atom stereocenters. The molecular formula is C16H19BrN2O3S2. The quantitative estimate of drug-likeness (QED) is 0.736. The summed E-state index contributed by atoms with van der Waals surface area (Å²) < 4.78 is 24.9. The summed E-state index contributed by atoms with van der Waals surface area (Å²) in [5.74, 6) is -0.0358. The van der Waals surface area contributed by atoms with E-state index in [9.17, 15) is 13.2 Å². The molecule has 130 valence electrons. The van der Waals surface area contributed by atoms with Crippen LogP contribution in [0, 0.1) is 5.92 Å². The topological polar surface area (TPSA) is 66.8 Å². The van der Waals surface area contributed by atoms with E-state index in [1.165, 1.54) is 11.8 Å². The van der Waals surface area contributed by atoms with Crippen LogP contribution in [0.3, 0.4) is 0 Å². The third kappa shape index (κ3) is 3.55. The Morgan fingerprint density at radius 2 is 2.21 bits per heavy atom. The first-order valence-electron chi connectivity index (χ1n) is 7.85. The van der Waals surface area contributed by atoms with Crippen LogP contribution in [0.5, 0.6) is 0 Å². The van der Waals surface area contributed by atoms with Crippen LogP contribution in [0.1, 0.15) is 20.3 Å². The third-order valence-corrected chi connectivity index (χ3v) is 8.10. The molecule has 0 saturated carbocycles. The number of aliphatic imine (C=N–C) groups is 1. The lowest BCUT2D eigenvalue weighted by atomic mass is 10.1. The van der Waals surface area contributed by atoms with Crippen LogP contribution in [0.4, 0.5) is 5.69 Å². The first kappa shape index (κ1) is 17.9. The van der Waals surface area contributed by atoms with E-state index >= 15 is 0 Å². The number of carbonyl (C=O) groups is 1. The molecular weight excluding hydrogens is 412 g/mol. The summed E-state index contributed by atoms with van der Waals surface area (Å²) in [7, 11) is -3.04. The molecule has 2 heterocycles. The molecule has 1 aromatic rings. The van der Waals surface area contributed by atoms with Gasteiger partial charge in [0.1, 0.15) is 0 Å². The van der Waals surface area contributed by atoms with Crippen LogP contribution in [-0.2, 0) is 14.6 Å². The molecule has 2 aliphatic rings. The zero-order valence-corrected chi connectivity index (χ0v) is 16.7. The monoisotopic (exact) mass is 430 g/mol. The van der Waals surface area contributed by atoms with Crippen LogP contribution in [-0.4, -0.2) is 42.3 Å². The molecule has 3 rings (SSSR count). The Hall–Kier alpha value is -0.860. The Morgan fingerprint density at radius 3 is 2.88 bits per heavy atom. The van der Waals surface area contributed by atoms with Gasteiger partial charge in [-0.25, -0.2) is 8.42 Å². The van der Waals surface area contributed by atoms with Crippen molar-refractivity contribution in [3.8, 4) is 0 Å². The fourth-order valence-electron chi connectivity index (χ4n) is 2.87. The van der Waals surface area contributed by atoms with Gasteiger partial charge in [0, 0.05) is 21.3 Å². The maximum atomic E-state index is 12.3. The van der Waals surface area contributed by atoms with Crippen molar-refractivity contribution in [1.82, 2.24) is 0 Å². The smallest absolute Gasteiger partial charge is 0.250 e. The molecule has 5 nitrogen and oxygen atoms in total. The number of rotatable bonds is 3.